The third kappa shape index (κ3) is 8.05. The number of carbonyl (C=O) groups excluding carboxylic acids is 4. The first kappa shape index (κ1) is 39.8. The Balaban J connectivity index is 1.16. The van der Waals surface area contributed by atoms with E-state index in [1.54, 1.807) is 15.9 Å². The van der Waals surface area contributed by atoms with E-state index in [-0.39, 0.29) is 35.2 Å². The summed E-state index contributed by atoms with van der Waals surface area (Å²) in [7, 11) is 2.52. The highest BCUT2D eigenvalue weighted by atomic mass is 19.1. The van der Waals surface area contributed by atoms with Gasteiger partial charge in [0, 0.05) is 36.0 Å². The lowest BCUT2D eigenvalue weighted by Gasteiger charge is -2.37. The molecule has 2 aromatic carbocycles. The van der Waals surface area contributed by atoms with Gasteiger partial charge in [-0.3, -0.25) is 9.59 Å². The topological polar surface area (TPSA) is 175 Å². The minimum absolute atomic E-state index is 0.130. The Hall–Kier alpha value is -5.91. The molecule has 2 fully saturated rings. The second kappa shape index (κ2) is 16.4. The first-order valence-electron chi connectivity index (χ1n) is 18.9. The number of nitrogens with zero attached hydrogens (tertiary/aromatic N) is 4. The van der Waals surface area contributed by atoms with Gasteiger partial charge in [-0.2, -0.15) is 0 Å². The van der Waals surface area contributed by atoms with E-state index in [9.17, 15) is 19.2 Å². The molecule has 0 bridgehead atoms. The van der Waals surface area contributed by atoms with E-state index in [1.165, 1.54) is 20.3 Å². The van der Waals surface area contributed by atoms with Crippen LogP contribution < -0.4 is 10.6 Å². The minimum Gasteiger partial charge on any atom is -0.453 e. The van der Waals surface area contributed by atoms with Crippen molar-refractivity contribution in [1.29, 1.82) is 0 Å². The van der Waals surface area contributed by atoms with Crippen molar-refractivity contribution < 1.29 is 33.0 Å². The number of alkyl carbamates (subject to hydrolysis) is 2. The van der Waals surface area contributed by atoms with Gasteiger partial charge in [0.05, 0.1) is 37.0 Å². The van der Waals surface area contributed by atoms with Gasteiger partial charge >= 0.3 is 12.2 Å². The maximum absolute atomic E-state index is 15.5. The number of methoxy groups -OCH3 is 2. The van der Waals surface area contributed by atoms with E-state index in [1.807, 2.05) is 65.1 Å². The number of benzene rings is 2. The SMILES string of the molecule is COC(=O)N[C@H](C(=O)N1CCC[C@H]1c1nc(-c2ccc(C#Cc3cc(F)c4[nH]c(C5(C)CCCN5C(=O)[C@@H](NC(=O)OC)C(C)C)nc4c3)cc2)c[nH]1)C(C)C. The van der Waals surface area contributed by atoms with Gasteiger partial charge in [0.2, 0.25) is 11.8 Å². The van der Waals surface area contributed by atoms with E-state index < -0.39 is 35.6 Å². The van der Waals surface area contributed by atoms with Gasteiger partial charge in [0.25, 0.3) is 0 Å². The van der Waals surface area contributed by atoms with E-state index in [2.05, 4.69) is 32.4 Å². The number of ether oxygens (including phenoxy) is 2. The fourth-order valence-electron chi connectivity index (χ4n) is 7.54. The third-order valence-corrected chi connectivity index (χ3v) is 10.7. The maximum atomic E-state index is 15.5. The third-order valence-electron chi connectivity index (χ3n) is 10.7. The largest absolute Gasteiger partial charge is 0.453 e. The van der Waals surface area contributed by atoms with Crippen LogP contribution in [0.2, 0.25) is 0 Å². The fraction of sp³-hybridized carbons (Fsp3) is 0.463. The molecule has 4 amide bonds. The Labute approximate surface area is 325 Å². The molecule has 2 aliphatic rings. The number of H-pyrrole nitrogens is 2. The standard InChI is InChI=1S/C41H49FN8O6/c1-23(2)32(47-39(53)55-6)36(51)49-18-8-10-31(49)35-43-22-30(44-35)27-15-13-25(14-16-27)11-12-26-20-28(42)34-29(21-26)45-38(46-34)41(5)17-9-19-50(41)37(52)33(24(3)4)48-40(54)56-7/h13-16,20-24,31-33H,8-10,17-19H2,1-7H3,(H,43,44)(H,45,46)(H,47,53)(H,48,54)/t31-,32-,33-,41?/m0/s1. The Morgan fingerprint density at radius 3 is 2.18 bits per heavy atom. The zero-order valence-corrected chi connectivity index (χ0v) is 32.8. The molecule has 6 rings (SSSR count). The van der Waals surface area contributed by atoms with Crippen LogP contribution in [0.1, 0.15) is 89.1 Å². The van der Waals surface area contributed by atoms with Crippen molar-refractivity contribution in [1.82, 2.24) is 40.4 Å². The monoisotopic (exact) mass is 768 g/mol. The van der Waals surface area contributed by atoms with Gasteiger partial charge in [-0.25, -0.2) is 23.9 Å². The molecule has 4 N–H and O–H groups in total. The van der Waals surface area contributed by atoms with E-state index in [0.717, 1.165) is 24.8 Å². The Morgan fingerprint density at radius 2 is 1.54 bits per heavy atom. The summed E-state index contributed by atoms with van der Waals surface area (Å²) in [6.45, 7) is 10.4. The van der Waals surface area contributed by atoms with Gasteiger partial charge < -0.3 is 39.9 Å². The van der Waals surface area contributed by atoms with Gasteiger partial charge in [-0.15, -0.1) is 0 Å². The lowest BCUT2D eigenvalue weighted by atomic mass is 9.95. The lowest BCUT2D eigenvalue weighted by molar-refractivity contribution is -0.138. The molecule has 56 heavy (non-hydrogen) atoms. The molecule has 296 valence electrons. The van der Waals surface area contributed by atoms with Crippen molar-refractivity contribution in [2.75, 3.05) is 27.3 Å². The van der Waals surface area contributed by atoms with Crippen LogP contribution in [0.25, 0.3) is 22.3 Å². The number of nitrogens with one attached hydrogen (secondary N) is 4. The van der Waals surface area contributed by atoms with Crippen molar-refractivity contribution in [2.24, 2.45) is 11.8 Å². The van der Waals surface area contributed by atoms with Crippen molar-refractivity contribution in [3.8, 4) is 23.1 Å². The molecule has 4 atom stereocenters. The van der Waals surface area contributed by atoms with E-state index in [0.29, 0.717) is 53.5 Å². The summed E-state index contributed by atoms with van der Waals surface area (Å²) < 4.78 is 25.0. The van der Waals surface area contributed by atoms with Crippen LogP contribution in [0.5, 0.6) is 0 Å². The average molecular weight is 769 g/mol. The van der Waals surface area contributed by atoms with Crippen LogP contribution in [0.3, 0.4) is 0 Å². The molecule has 0 aliphatic carbocycles. The average Bonchev–Trinajstić information content (AvgIpc) is 4.01. The summed E-state index contributed by atoms with van der Waals surface area (Å²) in [6.07, 6.45) is 3.37. The van der Waals surface area contributed by atoms with Crippen LogP contribution in [0.15, 0.2) is 42.6 Å². The molecular formula is C41H49FN8O6. The second-order valence-corrected chi connectivity index (χ2v) is 15.2. The second-order valence-electron chi connectivity index (χ2n) is 15.2. The highest BCUT2D eigenvalue weighted by molar-refractivity contribution is 5.88. The molecule has 0 spiro atoms. The maximum Gasteiger partial charge on any atom is 0.407 e. The molecule has 0 radical (unpaired) electrons. The summed E-state index contributed by atoms with van der Waals surface area (Å²) in [5.74, 6) is 6.04. The Bertz CT molecular complexity index is 2170. The number of amides is 4. The summed E-state index contributed by atoms with van der Waals surface area (Å²) in [4.78, 5) is 70.6. The normalized spacial score (nSPS) is 19.1. The van der Waals surface area contributed by atoms with Crippen molar-refractivity contribution >= 4 is 35.0 Å². The predicted octanol–water partition coefficient (Wildman–Crippen LogP) is 5.75. The number of rotatable bonds is 9. The number of hydrogen-bond acceptors (Lipinski definition) is 8. The number of halogens is 1. The first-order valence-corrected chi connectivity index (χ1v) is 18.9. The molecule has 15 heteroatoms. The Morgan fingerprint density at radius 1 is 0.893 bits per heavy atom. The van der Waals surface area contributed by atoms with Crippen LogP contribution in [0.4, 0.5) is 14.0 Å². The van der Waals surface area contributed by atoms with Crippen LogP contribution in [-0.2, 0) is 24.6 Å². The molecule has 4 aromatic rings. The number of imidazole rings is 2. The first-order chi connectivity index (χ1) is 26.7. The minimum atomic E-state index is -0.843. The molecule has 2 aromatic heterocycles. The zero-order chi connectivity index (χ0) is 40.3. The highest BCUT2D eigenvalue weighted by Crippen LogP contribution is 2.39. The number of carbonyl (C=O) groups is 4. The summed E-state index contributed by atoms with van der Waals surface area (Å²) in [6, 6.07) is 8.85. The number of aromatic nitrogens is 4. The van der Waals surface area contributed by atoms with Crippen molar-refractivity contribution in [2.45, 2.75) is 84.0 Å². The molecule has 0 saturated carbocycles. The van der Waals surface area contributed by atoms with E-state index >= 15 is 4.39 Å². The molecular weight excluding hydrogens is 719 g/mol. The molecule has 2 saturated heterocycles. The zero-order valence-electron chi connectivity index (χ0n) is 32.8. The van der Waals surface area contributed by atoms with Gasteiger partial charge in [0.15, 0.2) is 0 Å². The summed E-state index contributed by atoms with van der Waals surface area (Å²) in [5.41, 5.74) is 2.50. The summed E-state index contributed by atoms with van der Waals surface area (Å²) >= 11 is 0. The summed E-state index contributed by atoms with van der Waals surface area (Å²) in [5, 5.41) is 5.32. The van der Waals surface area contributed by atoms with Crippen molar-refractivity contribution in [3.63, 3.8) is 0 Å². The lowest BCUT2D eigenvalue weighted by Crippen LogP contribution is -2.55. The van der Waals surface area contributed by atoms with Gasteiger partial charge in [-0.05, 0) is 68.7 Å². The molecule has 2 aliphatic heterocycles. The molecule has 1 unspecified atom stereocenters. The number of aromatic amines is 2. The number of hydrogen-bond donors (Lipinski definition) is 4. The van der Waals surface area contributed by atoms with Gasteiger partial charge in [-0.1, -0.05) is 51.7 Å². The highest BCUT2D eigenvalue weighted by Gasteiger charge is 2.46. The smallest absolute Gasteiger partial charge is 0.407 e. The molecule has 14 nitrogen and oxygen atoms in total. The quantitative estimate of drug-likeness (QED) is 0.156. The fourth-order valence-corrected chi connectivity index (χ4v) is 7.54. The predicted molar refractivity (Wildman–Crippen MR) is 206 cm³/mol. The van der Waals surface area contributed by atoms with Crippen LogP contribution in [-0.4, -0.2) is 93.1 Å². The number of fused-ring (bicyclic) bond motifs is 1. The van der Waals surface area contributed by atoms with E-state index in [4.69, 9.17) is 19.4 Å². The van der Waals surface area contributed by atoms with Gasteiger partial charge in [0.1, 0.15) is 35.1 Å². The van der Waals surface area contributed by atoms with Crippen LogP contribution in [0, 0.1) is 29.5 Å². The van der Waals surface area contributed by atoms with Crippen LogP contribution >= 0.6 is 0 Å². The number of likely N-dealkylation sites (tertiary alicyclic amines) is 2. The van der Waals surface area contributed by atoms with Crippen molar-refractivity contribution in [3.05, 3.63) is 71.2 Å². The molecule has 4 heterocycles. The Kier molecular flexibility index (Phi) is 11.7.